The van der Waals surface area contributed by atoms with E-state index in [0.717, 1.165) is 55.7 Å². The van der Waals surface area contributed by atoms with Crippen LogP contribution in [0.25, 0.3) is 11.1 Å². The number of alkyl halides is 6. The highest BCUT2D eigenvalue weighted by atomic mass is 19.4. The first-order chi connectivity index (χ1) is 19.4. The maximum Gasteiger partial charge on any atom is 0.573 e. The third kappa shape index (κ3) is 9.91. The summed E-state index contributed by atoms with van der Waals surface area (Å²) in [5, 5.41) is 0. The first-order valence-corrected chi connectivity index (χ1v) is 13.1. The number of halogens is 6. The maximum absolute atomic E-state index is 13.0. The molecule has 0 aliphatic carbocycles. The lowest BCUT2D eigenvalue weighted by Gasteiger charge is -2.21. The van der Waals surface area contributed by atoms with Crippen molar-refractivity contribution < 1.29 is 50.1 Å². The summed E-state index contributed by atoms with van der Waals surface area (Å²) in [7, 11) is 0. The number of benzene rings is 3. The Morgan fingerprint density at radius 2 is 1.39 bits per heavy atom. The first-order valence-electron chi connectivity index (χ1n) is 13.1. The van der Waals surface area contributed by atoms with Crippen molar-refractivity contribution in [1.29, 1.82) is 0 Å². The van der Waals surface area contributed by atoms with Crippen LogP contribution in [-0.4, -0.2) is 25.0 Å². The zero-order valence-corrected chi connectivity index (χ0v) is 22.5. The second-order valence-electron chi connectivity index (χ2n) is 9.07. The second kappa shape index (κ2) is 14.1. The predicted molar refractivity (Wildman–Crippen MR) is 140 cm³/mol. The Hall–Kier alpha value is -3.89. The molecule has 0 radical (unpaired) electrons. The molecule has 0 heterocycles. The lowest BCUT2D eigenvalue weighted by atomic mass is 10.0. The number of ether oxygens (including phenoxy) is 4. The monoisotopic (exact) mass is 584 g/mol. The predicted octanol–water partition coefficient (Wildman–Crippen LogP) is 9.34. The molecular formula is C30H30F6O5. The Labute approximate surface area is 234 Å². The van der Waals surface area contributed by atoms with E-state index in [0.29, 0.717) is 24.0 Å². The van der Waals surface area contributed by atoms with Gasteiger partial charge in [0.2, 0.25) is 0 Å². The van der Waals surface area contributed by atoms with Gasteiger partial charge in [-0.2, -0.15) is 13.2 Å². The largest absolute Gasteiger partial charge is 0.573 e. The molecule has 3 aromatic rings. The minimum absolute atomic E-state index is 0.0971. The van der Waals surface area contributed by atoms with Crippen LogP contribution in [0.4, 0.5) is 26.3 Å². The Kier molecular flexibility index (Phi) is 10.9. The van der Waals surface area contributed by atoms with Gasteiger partial charge in [0.1, 0.15) is 11.5 Å². The molecule has 41 heavy (non-hydrogen) atoms. The molecule has 1 atom stereocenters. The Balaban J connectivity index is 1.95. The van der Waals surface area contributed by atoms with E-state index in [1.165, 1.54) is 24.3 Å². The van der Waals surface area contributed by atoms with Gasteiger partial charge >= 0.3 is 18.5 Å². The molecule has 0 aliphatic heterocycles. The molecular weight excluding hydrogens is 554 g/mol. The zero-order chi connectivity index (χ0) is 30.0. The smallest absolute Gasteiger partial charge is 0.475 e. The molecule has 0 amide bonds. The van der Waals surface area contributed by atoms with Crippen LogP contribution >= 0.6 is 0 Å². The van der Waals surface area contributed by atoms with E-state index in [4.69, 9.17) is 14.2 Å². The molecule has 0 spiro atoms. The molecule has 11 heteroatoms. The second-order valence-corrected chi connectivity index (χ2v) is 9.07. The highest BCUT2D eigenvalue weighted by Gasteiger charge is 2.31. The fourth-order valence-corrected chi connectivity index (χ4v) is 3.92. The van der Waals surface area contributed by atoms with Crippen molar-refractivity contribution in [2.24, 2.45) is 0 Å². The van der Waals surface area contributed by atoms with Crippen LogP contribution in [0.2, 0.25) is 0 Å². The van der Waals surface area contributed by atoms with Crippen molar-refractivity contribution in [2.45, 2.75) is 64.6 Å². The van der Waals surface area contributed by atoms with Crippen LogP contribution in [-0.2, 0) is 15.7 Å². The lowest BCUT2D eigenvalue weighted by Crippen LogP contribution is -2.29. The van der Waals surface area contributed by atoms with E-state index in [2.05, 4.69) is 11.7 Å². The molecule has 3 rings (SSSR count). The van der Waals surface area contributed by atoms with Gasteiger partial charge in [-0.1, -0.05) is 44.4 Å². The molecule has 0 bridgehead atoms. The summed E-state index contributed by atoms with van der Waals surface area (Å²) in [6, 6.07) is 13.9. The number of hydrogen-bond donors (Lipinski definition) is 0. The average Bonchev–Trinajstić information content (AvgIpc) is 2.91. The minimum Gasteiger partial charge on any atom is -0.475 e. The number of esters is 1. The average molecular weight is 585 g/mol. The summed E-state index contributed by atoms with van der Waals surface area (Å²) < 4.78 is 97.6. The number of carbonyl (C=O) groups excluding carboxylic acids is 1. The molecule has 0 aromatic heterocycles. The van der Waals surface area contributed by atoms with Crippen molar-refractivity contribution in [2.75, 3.05) is 6.61 Å². The van der Waals surface area contributed by atoms with Crippen molar-refractivity contribution >= 4 is 5.97 Å². The van der Waals surface area contributed by atoms with Gasteiger partial charge in [0.15, 0.2) is 17.6 Å². The van der Waals surface area contributed by atoms with Crippen LogP contribution in [0.1, 0.15) is 51.5 Å². The Morgan fingerprint density at radius 3 is 1.98 bits per heavy atom. The number of unbranched alkanes of at least 4 members (excludes halogenated alkanes) is 3. The van der Waals surface area contributed by atoms with Gasteiger partial charge in [-0.05, 0) is 79.4 Å². The van der Waals surface area contributed by atoms with Crippen LogP contribution in [0.3, 0.4) is 0 Å². The summed E-state index contributed by atoms with van der Waals surface area (Å²) in [6.07, 6.45) is -6.46. The van der Waals surface area contributed by atoms with E-state index in [9.17, 15) is 31.1 Å². The van der Waals surface area contributed by atoms with E-state index in [-0.39, 0.29) is 23.9 Å². The molecule has 5 nitrogen and oxygen atoms in total. The van der Waals surface area contributed by atoms with Crippen molar-refractivity contribution in [3.8, 4) is 34.1 Å². The maximum atomic E-state index is 13.0. The Morgan fingerprint density at radius 1 is 0.756 bits per heavy atom. The fourth-order valence-electron chi connectivity index (χ4n) is 3.92. The lowest BCUT2D eigenvalue weighted by molar-refractivity contribution is -0.274. The molecule has 0 aliphatic rings. The molecule has 0 saturated heterocycles. The van der Waals surface area contributed by atoms with E-state index < -0.39 is 35.9 Å². The SMILES string of the molecule is CCCCCCC(Oc1cc(-c2ccc(OC(F)(F)F)cc2)ccc1Oc1ccc(C(F)(F)F)cc1)C(=O)OCC. The third-order valence-corrected chi connectivity index (χ3v) is 5.91. The van der Waals surface area contributed by atoms with Gasteiger partial charge in [0.05, 0.1) is 12.2 Å². The quantitative estimate of drug-likeness (QED) is 0.114. The Bertz CT molecular complexity index is 1250. The molecule has 3 aromatic carbocycles. The van der Waals surface area contributed by atoms with E-state index in [1.807, 2.05) is 0 Å². The summed E-state index contributed by atoms with van der Waals surface area (Å²) in [6.45, 7) is 3.85. The van der Waals surface area contributed by atoms with Crippen LogP contribution in [0.5, 0.6) is 23.0 Å². The molecule has 0 N–H and O–H groups in total. The normalized spacial score (nSPS) is 12.5. The van der Waals surface area contributed by atoms with Crippen LogP contribution in [0, 0.1) is 0 Å². The van der Waals surface area contributed by atoms with Gasteiger partial charge in [-0.15, -0.1) is 13.2 Å². The van der Waals surface area contributed by atoms with E-state index >= 15 is 0 Å². The highest BCUT2D eigenvalue weighted by Crippen LogP contribution is 2.38. The molecule has 222 valence electrons. The van der Waals surface area contributed by atoms with Crippen molar-refractivity contribution in [1.82, 2.24) is 0 Å². The van der Waals surface area contributed by atoms with Gasteiger partial charge in [-0.3, -0.25) is 0 Å². The summed E-state index contributed by atoms with van der Waals surface area (Å²) >= 11 is 0. The molecule has 0 saturated carbocycles. The van der Waals surface area contributed by atoms with Crippen molar-refractivity contribution in [3.05, 3.63) is 72.3 Å². The van der Waals surface area contributed by atoms with Crippen LogP contribution < -0.4 is 14.2 Å². The third-order valence-electron chi connectivity index (χ3n) is 5.91. The van der Waals surface area contributed by atoms with Gasteiger partial charge in [0.25, 0.3) is 0 Å². The van der Waals surface area contributed by atoms with Crippen molar-refractivity contribution in [3.63, 3.8) is 0 Å². The van der Waals surface area contributed by atoms with Gasteiger partial charge in [0, 0.05) is 0 Å². The van der Waals surface area contributed by atoms with E-state index in [1.54, 1.807) is 13.0 Å². The number of carbonyl (C=O) groups is 1. The highest BCUT2D eigenvalue weighted by molar-refractivity contribution is 5.75. The number of hydrogen-bond acceptors (Lipinski definition) is 5. The van der Waals surface area contributed by atoms with Gasteiger partial charge in [-0.25, -0.2) is 4.79 Å². The topological polar surface area (TPSA) is 54.0 Å². The molecule has 1 unspecified atom stereocenters. The number of rotatable bonds is 13. The summed E-state index contributed by atoms with van der Waals surface area (Å²) in [4.78, 5) is 12.7. The minimum atomic E-state index is -4.83. The summed E-state index contributed by atoms with van der Waals surface area (Å²) in [5.74, 6) is -0.655. The standard InChI is InChI=1S/C30H30F6O5/c1-3-5-6-7-8-26(28(37)38-4-2)40-27-19-21(20-9-14-24(15-10-20)41-30(34,35)36)11-18-25(27)39-23-16-12-22(13-17-23)29(31,32)33/h9-19,26H,3-8H2,1-2H3. The summed E-state index contributed by atoms with van der Waals surface area (Å²) in [5.41, 5.74) is 0.192. The zero-order valence-electron chi connectivity index (χ0n) is 22.5. The van der Waals surface area contributed by atoms with Gasteiger partial charge < -0.3 is 18.9 Å². The van der Waals surface area contributed by atoms with Crippen LogP contribution in [0.15, 0.2) is 66.7 Å². The first kappa shape index (κ1) is 31.6. The molecule has 0 fully saturated rings. The fraction of sp³-hybridized carbons (Fsp3) is 0.367.